The standard InChI is InChI=1S/C14H21ClFNO2/c1-11(10-19-3)17(6-7-18-2)14-5-4-13(16)8-12(14)9-15/h4-5,8,11H,6-7,9-10H2,1-3H3. The monoisotopic (exact) mass is 289 g/mol. The van der Waals surface area contributed by atoms with Crippen LogP contribution >= 0.6 is 11.6 Å². The number of methoxy groups -OCH3 is 2. The molecular weight excluding hydrogens is 269 g/mol. The first-order valence-electron chi connectivity index (χ1n) is 6.23. The molecule has 0 spiro atoms. The molecule has 0 aliphatic rings. The molecule has 0 bridgehead atoms. The summed E-state index contributed by atoms with van der Waals surface area (Å²) >= 11 is 5.91. The first kappa shape index (κ1) is 16.2. The van der Waals surface area contributed by atoms with Crippen molar-refractivity contribution in [1.29, 1.82) is 0 Å². The first-order chi connectivity index (χ1) is 9.13. The van der Waals surface area contributed by atoms with E-state index in [0.29, 0.717) is 19.8 Å². The highest BCUT2D eigenvalue weighted by Gasteiger charge is 2.17. The molecule has 19 heavy (non-hydrogen) atoms. The van der Waals surface area contributed by atoms with Gasteiger partial charge in [-0.3, -0.25) is 0 Å². The van der Waals surface area contributed by atoms with E-state index in [2.05, 4.69) is 11.8 Å². The lowest BCUT2D eigenvalue weighted by molar-refractivity contribution is 0.171. The maximum atomic E-state index is 13.3. The summed E-state index contributed by atoms with van der Waals surface area (Å²) < 4.78 is 23.6. The summed E-state index contributed by atoms with van der Waals surface area (Å²) in [6.07, 6.45) is 0. The number of ether oxygens (including phenoxy) is 2. The molecule has 1 aromatic carbocycles. The second-order valence-electron chi connectivity index (χ2n) is 4.40. The fraction of sp³-hybridized carbons (Fsp3) is 0.571. The van der Waals surface area contributed by atoms with Gasteiger partial charge in [0.05, 0.1) is 13.2 Å². The van der Waals surface area contributed by atoms with Gasteiger partial charge >= 0.3 is 0 Å². The van der Waals surface area contributed by atoms with Crippen LogP contribution < -0.4 is 4.90 Å². The SMILES string of the molecule is COCCN(c1ccc(F)cc1CCl)C(C)COC. The van der Waals surface area contributed by atoms with E-state index in [1.165, 1.54) is 12.1 Å². The molecule has 0 saturated carbocycles. The lowest BCUT2D eigenvalue weighted by atomic mass is 10.1. The summed E-state index contributed by atoms with van der Waals surface area (Å²) in [6.45, 7) is 3.94. The van der Waals surface area contributed by atoms with Crippen molar-refractivity contribution >= 4 is 17.3 Å². The zero-order valence-electron chi connectivity index (χ0n) is 11.7. The van der Waals surface area contributed by atoms with Crippen molar-refractivity contribution in [2.75, 3.05) is 38.9 Å². The normalized spacial score (nSPS) is 12.5. The molecule has 3 nitrogen and oxygen atoms in total. The predicted octanol–water partition coefficient (Wildman–Crippen LogP) is 3.05. The fourth-order valence-electron chi connectivity index (χ4n) is 2.04. The molecule has 0 radical (unpaired) electrons. The number of rotatable bonds is 8. The minimum Gasteiger partial charge on any atom is -0.383 e. The minimum absolute atomic E-state index is 0.160. The van der Waals surface area contributed by atoms with Crippen molar-refractivity contribution in [1.82, 2.24) is 0 Å². The van der Waals surface area contributed by atoms with Gasteiger partial charge in [-0.1, -0.05) is 0 Å². The molecule has 0 fully saturated rings. The summed E-state index contributed by atoms with van der Waals surface area (Å²) in [6, 6.07) is 4.84. The average Bonchev–Trinajstić information content (AvgIpc) is 2.40. The van der Waals surface area contributed by atoms with Crippen LogP contribution in [0.2, 0.25) is 0 Å². The van der Waals surface area contributed by atoms with Crippen molar-refractivity contribution in [3.8, 4) is 0 Å². The van der Waals surface area contributed by atoms with Gasteiger partial charge in [0.2, 0.25) is 0 Å². The molecule has 0 aliphatic carbocycles. The van der Waals surface area contributed by atoms with E-state index in [0.717, 1.165) is 11.3 Å². The molecule has 1 rings (SSSR count). The van der Waals surface area contributed by atoms with Gasteiger partial charge in [-0.15, -0.1) is 11.6 Å². The molecule has 1 aromatic rings. The number of hydrogen-bond acceptors (Lipinski definition) is 3. The third-order valence-electron chi connectivity index (χ3n) is 2.97. The van der Waals surface area contributed by atoms with E-state index >= 15 is 0 Å². The predicted molar refractivity (Wildman–Crippen MR) is 76.5 cm³/mol. The van der Waals surface area contributed by atoms with E-state index in [1.807, 2.05) is 0 Å². The lowest BCUT2D eigenvalue weighted by Crippen LogP contribution is -2.39. The van der Waals surface area contributed by atoms with E-state index in [9.17, 15) is 4.39 Å². The molecule has 5 heteroatoms. The van der Waals surface area contributed by atoms with E-state index in [-0.39, 0.29) is 17.7 Å². The van der Waals surface area contributed by atoms with Crippen molar-refractivity contribution in [3.63, 3.8) is 0 Å². The van der Waals surface area contributed by atoms with Crippen LogP contribution in [0.4, 0.5) is 10.1 Å². The topological polar surface area (TPSA) is 21.7 Å². The van der Waals surface area contributed by atoms with Crippen LogP contribution in [-0.4, -0.2) is 40.0 Å². The third kappa shape index (κ3) is 4.64. The summed E-state index contributed by atoms with van der Waals surface area (Å²) in [5.41, 5.74) is 1.71. The van der Waals surface area contributed by atoms with Crippen molar-refractivity contribution in [3.05, 3.63) is 29.6 Å². The number of halogens is 2. The van der Waals surface area contributed by atoms with Crippen LogP contribution in [0.1, 0.15) is 12.5 Å². The summed E-state index contributed by atoms with van der Waals surface area (Å²) in [5, 5.41) is 0. The summed E-state index contributed by atoms with van der Waals surface area (Å²) in [7, 11) is 3.32. The van der Waals surface area contributed by atoms with Crippen LogP contribution in [0.15, 0.2) is 18.2 Å². The number of anilines is 1. The maximum Gasteiger partial charge on any atom is 0.123 e. The van der Waals surface area contributed by atoms with Gasteiger partial charge in [0.25, 0.3) is 0 Å². The van der Waals surface area contributed by atoms with Crippen LogP contribution in [0.3, 0.4) is 0 Å². The number of nitrogens with zero attached hydrogens (tertiary/aromatic N) is 1. The molecule has 1 unspecified atom stereocenters. The Hall–Kier alpha value is -0.840. The molecule has 0 aromatic heterocycles. The number of benzene rings is 1. The minimum atomic E-state index is -0.273. The van der Waals surface area contributed by atoms with Gasteiger partial charge in [-0.2, -0.15) is 0 Å². The second-order valence-corrected chi connectivity index (χ2v) is 4.66. The molecule has 0 N–H and O–H groups in total. The Morgan fingerprint density at radius 2 is 2.05 bits per heavy atom. The molecule has 0 amide bonds. The van der Waals surface area contributed by atoms with Crippen LogP contribution in [0, 0.1) is 5.82 Å². The van der Waals surface area contributed by atoms with Gasteiger partial charge in [0.15, 0.2) is 0 Å². The molecule has 0 heterocycles. The van der Waals surface area contributed by atoms with Gasteiger partial charge in [-0.05, 0) is 30.7 Å². The van der Waals surface area contributed by atoms with Crippen molar-refractivity contribution in [2.45, 2.75) is 18.8 Å². The number of alkyl halides is 1. The second kappa shape index (κ2) is 8.35. The summed E-state index contributed by atoms with van der Waals surface area (Å²) in [4.78, 5) is 2.13. The highest BCUT2D eigenvalue weighted by atomic mass is 35.5. The van der Waals surface area contributed by atoms with E-state index in [1.54, 1.807) is 20.3 Å². The third-order valence-corrected chi connectivity index (χ3v) is 3.26. The fourth-order valence-corrected chi connectivity index (χ4v) is 2.25. The quantitative estimate of drug-likeness (QED) is 0.687. The highest BCUT2D eigenvalue weighted by Crippen LogP contribution is 2.25. The van der Waals surface area contributed by atoms with Gasteiger partial charge in [0.1, 0.15) is 5.82 Å². The molecular formula is C14H21ClFNO2. The van der Waals surface area contributed by atoms with Crippen LogP contribution in [-0.2, 0) is 15.4 Å². The smallest absolute Gasteiger partial charge is 0.123 e. The average molecular weight is 290 g/mol. The van der Waals surface area contributed by atoms with Crippen LogP contribution in [0.5, 0.6) is 0 Å². The van der Waals surface area contributed by atoms with E-state index < -0.39 is 0 Å². The lowest BCUT2D eigenvalue weighted by Gasteiger charge is -2.32. The molecule has 1 atom stereocenters. The Morgan fingerprint density at radius 1 is 1.32 bits per heavy atom. The number of hydrogen-bond donors (Lipinski definition) is 0. The first-order valence-corrected chi connectivity index (χ1v) is 6.76. The van der Waals surface area contributed by atoms with Crippen molar-refractivity contribution in [2.24, 2.45) is 0 Å². The Morgan fingerprint density at radius 3 is 2.63 bits per heavy atom. The zero-order valence-corrected chi connectivity index (χ0v) is 12.4. The van der Waals surface area contributed by atoms with Crippen molar-refractivity contribution < 1.29 is 13.9 Å². The summed E-state index contributed by atoms with van der Waals surface area (Å²) in [5.74, 6) is 0.00139. The maximum absolute atomic E-state index is 13.3. The highest BCUT2D eigenvalue weighted by molar-refractivity contribution is 6.17. The Kier molecular flexibility index (Phi) is 7.13. The Bertz CT molecular complexity index is 390. The Labute approximate surface area is 119 Å². The van der Waals surface area contributed by atoms with Gasteiger partial charge in [0, 0.05) is 38.4 Å². The van der Waals surface area contributed by atoms with Crippen LogP contribution in [0.25, 0.3) is 0 Å². The largest absolute Gasteiger partial charge is 0.383 e. The zero-order chi connectivity index (χ0) is 14.3. The Balaban J connectivity index is 3.01. The molecule has 108 valence electrons. The molecule has 0 saturated heterocycles. The van der Waals surface area contributed by atoms with Gasteiger partial charge < -0.3 is 14.4 Å². The molecule has 0 aliphatic heterocycles. The van der Waals surface area contributed by atoms with E-state index in [4.69, 9.17) is 21.1 Å². The van der Waals surface area contributed by atoms with Gasteiger partial charge in [-0.25, -0.2) is 4.39 Å².